The normalized spacial score (nSPS) is 11.7. The number of alkyl halides is 3. The van der Waals surface area contributed by atoms with Gasteiger partial charge in [0, 0.05) is 11.5 Å². The Balaban J connectivity index is 1.63. The first-order valence-corrected chi connectivity index (χ1v) is 9.01. The molecular weight excluding hydrogens is 399 g/mol. The predicted octanol–water partition coefficient (Wildman–Crippen LogP) is 4.29. The lowest BCUT2D eigenvalue weighted by atomic mass is 10.1. The van der Waals surface area contributed by atoms with Gasteiger partial charge in [0.05, 0.1) is 34.2 Å². The van der Waals surface area contributed by atoms with Crippen LogP contribution in [-0.2, 0) is 12.6 Å². The topological polar surface area (TPSA) is 95.8 Å². The summed E-state index contributed by atoms with van der Waals surface area (Å²) in [7, 11) is 0. The van der Waals surface area contributed by atoms with Crippen molar-refractivity contribution in [3.63, 3.8) is 0 Å². The number of phenols is 1. The van der Waals surface area contributed by atoms with E-state index in [1.165, 1.54) is 35.1 Å². The average molecular weight is 415 g/mol. The number of nitrogens with zero attached hydrogens (tertiary/aromatic N) is 3. The molecule has 4 aromatic rings. The van der Waals surface area contributed by atoms with Gasteiger partial charge in [-0.1, -0.05) is 6.92 Å². The SMILES string of the molecule is CCc1c(C(=O)Nc2n[nH]c3cc(O)ccc23)cnn1-c1ccc(C(F)(F)F)cc1. The second kappa shape index (κ2) is 7.21. The molecule has 0 atom stereocenters. The van der Waals surface area contributed by atoms with E-state index in [1.807, 2.05) is 6.92 Å². The van der Waals surface area contributed by atoms with Crippen LogP contribution >= 0.6 is 0 Å². The van der Waals surface area contributed by atoms with Gasteiger partial charge in [0.2, 0.25) is 0 Å². The third-order valence-electron chi connectivity index (χ3n) is 4.67. The summed E-state index contributed by atoms with van der Waals surface area (Å²) >= 11 is 0. The molecule has 10 heteroatoms. The second-order valence-electron chi connectivity index (χ2n) is 6.57. The van der Waals surface area contributed by atoms with Gasteiger partial charge in [0.15, 0.2) is 5.82 Å². The van der Waals surface area contributed by atoms with Crippen molar-refractivity contribution in [2.45, 2.75) is 19.5 Å². The number of aromatic nitrogens is 4. The Labute approximate surface area is 168 Å². The van der Waals surface area contributed by atoms with Crippen LogP contribution in [0.2, 0.25) is 0 Å². The molecule has 0 saturated heterocycles. The Bertz CT molecular complexity index is 1230. The highest BCUT2D eigenvalue weighted by atomic mass is 19.4. The molecular formula is C20H16F3N5O2. The first-order valence-electron chi connectivity index (χ1n) is 9.01. The van der Waals surface area contributed by atoms with Gasteiger partial charge in [0.25, 0.3) is 5.91 Å². The summed E-state index contributed by atoms with van der Waals surface area (Å²) in [5.41, 5.74) is 1.05. The van der Waals surface area contributed by atoms with E-state index in [4.69, 9.17) is 0 Å². The van der Waals surface area contributed by atoms with Gasteiger partial charge in [-0.05, 0) is 42.8 Å². The van der Waals surface area contributed by atoms with Crippen LogP contribution in [0.4, 0.5) is 19.0 Å². The molecule has 0 radical (unpaired) electrons. The Hall–Kier alpha value is -3.82. The van der Waals surface area contributed by atoms with Crippen molar-refractivity contribution in [3.8, 4) is 11.4 Å². The fraction of sp³-hybridized carbons (Fsp3) is 0.150. The summed E-state index contributed by atoms with van der Waals surface area (Å²) in [6, 6.07) is 9.15. The third-order valence-corrected chi connectivity index (χ3v) is 4.67. The largest absolute Gasteiger partial charge is 0.508 e. The minimum Gasteiger partial charge on any atom is -0.508 e. The Kier molecular flexibility index (Phi) is 4.69. The summed E-state index contributed by atoms with van der Waals surface area (Å²) < 4.78 is 39.8. The summed E-state index contributed by atoms with van der Waals surface area (Å²) in [5.74, 6) is -0.0964. The molecule has 2 aromatic carbocycles. The zero-order valence-corrected chi connectivity index (χ0v) is 15.7. The molecule has 0 fully saturated rings. The van der Waals surface area contributed by atoms with Crippen LogP contribution in [0.1, 0.15) is 28.5 Å². The lowest BCUT2D eigenvalue weighted by Crippen LogP contribution is -2.15. The fourth-order valence-corrected chi connectivity index (χ4v) is 3.20. The van der Waals surface area contributed by atoms with Crippen molar-refractivity contribution < 1.29 is 23.1 Å². The number of nitrogens with one attached hydrogen (secondary N) is 2. The van der Waals surface area contributed by atoms with E-state index in [2.05, 4.69) is 20.6 Å². The van der Waals surface area contributed by atoms with Gasteiger partial charge in [-0.2, -0.15) is 23.4 Å². The lowest BCUT2D eigenvalue weighted by Gasteiger charge is -2.10. The maximum atomic E-state index is 12.8. The van der Waals surface area contributed by atoms with Crippen LogP contribution in [0.5, 0.6) is 5.75 Å². The van der Waals surface area contributed by atoms with Crippen molar-refractivity contribution in [2.75, 3.05) is 5.32 Å². The number of amides is 1. The molecule has 2 aromatic heterocycles. The number of carbonyl (C=O) groups is 1. The van der Waals surface area contributed by atoms with Gasteiger partial charge < -0.3 is 10.4 Å². The first kappa shape index (κ1) is 19.5. The van der Waals surface area contributed by atoms with E-state index in [0.29, 0.717) is 34.5 Å². The van der Waals surface area contributed by atoms with Crippen molar-refractivity contribution >= 4 is 22.6 Å². The molecule has 1 amide bonds. The summed E-state index contributed by atoms with van der Waals surface area (Å²) in [5, 5.41) is 23.8. The highest BCUT2D eigenvalue weighted by Crippen LogP contribution is 2.30. The van der Waals surface area contributed by atoms with Crippen molar-refractivity contribution in [1.82, 2.24) is 20.0 Å². The number of halogens is 3. The van der Waals surface area contributed by atoms with Crippen LogP contribution in [0.3, 0.4) is 0 Å². The number of benzene rings is 2. The van der Waals surface area contributed by atoms with Crippen LogP contribution in [0, 0.1) is 0 Å². The number of aromatic amines is 1. The van der Waals surface area contributed by atoms with Gasteiger partial charge in [-0.25, -0.2) is 4.68 Å². The number of fused-ring (bicyclic) bond motifs is 1. The zero-order chi connectivity index (χ0) is 21.5. The Morgan fingerprint density at radius 3 is 2.60 bits per heavy atom. The molecule has 2 heterocycles. The zero-order valence-electron chi connectivity index (χ0n) is 15.7. The maximum Gasteiger partial charge on any atom is 0.416 e. The molecule has 4 rings (SSSR count). The molecule has 0 saturated carbocycles. The van der Waals surface area contributed by atoms with E-state index >= 15 is 0 Å². The molecule has 30 heavy (non-hydrogen) atoms. The average Bonchev–Trinajstić information content (AvgIpc) is 3.31. The van der Waals surface area contributed by atoms with Gasteiger partial charge >= 0.3 is 6.18 Å². The molecule has 0 aliphatic carbocycles. The number of carbonyl (C=O) groups excluding carboxylic acids is 1. The number of H-pyrrole nitrogens is 1. The third kappa shape index (κ3) is 3.47. The fourth-order valence-electron chi connectivity index (χ4n) is 3.20. The van der Waals surface area contributed by atoms with E-state index in [-0.39, 0.29) is 11.3 Å². The lowest BCUT2D eigenvalue weighted by molar-refractivity contribution is -0.137. The van der Waals surface area contributed by atoms with Crippen LogP contribution in [-0.4, -0.2) is 31.0 Å². The first-order chi connectivity index (χ1) is 14.3. The number of phenolic OH excluding ortho intramolecular Hbond substituents is 1. The maximum absolute atomic E-state index is 12.8. The Morgan fingerprint density at radius 1 is 1.20 bits per heavy atom. The molecule has 154 valence electrons. The second-order valence-corrected chi connectivity index (χ2v) is 6.57. The smallest absolute Gasteiger partial charge is 0.416 e. The van der Waals surface area contributed by atoms with Crippen LogP contribution in [0.25, 0.3) is 16.6 Å². The number of hydrogen-bond acceptors (Lipinski definition) is 4. The number of hydrogen-bond donors (Lipinski definition) is 3. The molecule has 0 unspecified atom stereocenters. The molecule has 3 N–H and O–H groups in total. The number of anilines is 1. The molecule has 0 aliphatic rings. The number of rotatable bonds is 4. The van der Waals surface area contributed by atoms with Crippen LogP contribution in [0.15, 0.2) is 48.7 Å². The highest BCUT2D eigenvalue weighted by Gasteiger charge is 2.30. The monoisotopic (exact) mass is 415 g/mol. The van der Waals surface area contributed by atoms with Gasteiger partial charge in [-0.15, -0.1) is 0 Å². The molecule has 0 bridgehead atoms. The van der Waals surface area contributed by atoms with Crippen LogP contribution < -0.4 is 5.32 Å². The molecule has 7 nitrogen and oxygen atoms in total. The van der Waals surface area contributed by atoms with E-state index in [1.54, 1.807) is 6.07 Å². The summed E-state index contributed by atoms with van der Waals surface area (Å²) in [6.45, 7) is 1.82. The summed E-state index contributed by atoms with van der Waals surface area (Å²) in [4.78, 5) is 12.8. The van der Waals surface area contributed by atoms with E-state index in [9.17, 15) is 23.1 Å². The number of aromatic hydroxyl groups is 1. The van der Waals surface area contributed by atoms with E-state index < -0.39 is 17.6 Å². The van der Waals surface area contributed by atoms with Crippen molar-refractivity contribution in [1.29, 1.82) is 0 Å². The minimum atomic E-state index is -4.43. The minimum absolute atomic E-state index is 0.0649. The van der Waals surface area contributed by atoms with Crippen molar-refractivity contribution in [3.05, 3.63) is 65.5 Å². The quantitative estimate of drug-likeness (QED) is 0.463. The standard InChI is InChI=1S/C20H16F3N5O2/c1-2-17-15(10-24-28(17)12-5-3-11(4-6-12)20(21,22)23)19(30)25-18-14-8-7-13(29)9-16(14)26-27-18/h3-10,29H,2H2,1H3,(H2,25,26,27,30). The molecule has 0 spiro atoms. The summed E-state index contributed by atoms with van der Waals surface area (Å²) in [6.07, 6.45) is -2.63. The van der Waals surface area contributed by atoms with Gasteiger partial charge in [0.1, 0.15) is 5.75 Å². The highest BCUT2D eigenvalue weighted by molar-refractivity contribution is 6.08. The molecule has 0 aliphatic heterocycles. The van der Waals surface area contributed by atoms with E-state index in [0.717, 1.165) is 12.1 Å². The Morgan fingerprint density at radius 2 is 1.93 bits per heavy atom. The predicted molar refractivity (Wildman–Crippen MR) is 104 cm³/mol. The van der Waals surface area contributed by atoms with Crippen molar-refractivity contribution in [2.24, 2.45) is 0 Å². The van der Waals surface area contributed by atoms with Gasteiger partial charge in [-0.3, -0.25) is 9.89 Å².